The van der Waals surface area contributed by atoms with Crippen molar-refractivity contribution in [2.75, 3.05) is 13.2 Å². The minimum Gasteiger partial charge on any atom is -0.457 e. The SMILES string of the molecule is C=CC(=O)C(C)OCC(C)(C)OC(=O)C(C)(CN)CC(C)(C)C. The number of hydrogen-bond acceptors (Lipinski definition) is 5. The van der Waals surface area contributed by atoms with Crippen molar-refractivity contribution in [1.82, 2.24) is 0 Å². The fourth-order valence-electron chi connectivity index (χ4n) is 2.38. The molecule has 0 aliphatic heterocycles. The Morgan fingerprint density at radius 2 is 1.70 bits per heavy atom. The molecule has 0 bridgehead atoms. The number of hydrogen-bond donors (Lipinski definition) is 1. The molecule has 0 rings (SSSR count). The zero-order chi connectivity index (χ0) is 18.5. The Kier molecular flexibility index (Phi) is 7.64. The summed E-state index contributed by atoms with van der Waals surface area (Å²) in [5.74, 6) is -0.544. The van der Waals surface area contributed by atoms with E-state index in [1.807, 2.05) is 6.92 Å². The monoisotopic (exact) mass is 327 g/mol. The van der Waals surface area contributed by atoms with E-state index in [-0.39, 0.29) is 30.3 Å². The molecule has 0 aliphatic carbocycles. The van der Waals surface area contributed by atoms with Crippen LogP contribution in [-0.2, 0) is 19.1 Å². The predicted molar refractivity (Wildman–Crippen MR) is 92.0 cm³/mol. The summed E-state index contributed by atoms with van der Waals surface area (Å²) in [6, 6.07) is 0. The third-order valence-corrected chi connectivity index (χ3v) is 3.52. The van der Waals surface area contributed by atoms with E-state index in [9.17, 15) is 9.59 Å². The molecule has 0 amide bonds. The lowest BCUT2D eigenvalue weighted by atomic mass is 9.75. The molecule has 5 heteroatoms. The minimum atomic E-state index is -0.846. The van der Waals surface area contributed by atoms with Crippen LogP contribution in [0.15, 0.2) is 12.7 Å². The highest BCUT2D eigenvalue weighted by Gasteiger charge is 2.40. The van der Waals surface area contributed by atoms with Crippen molar-refractivity contribution in [3.05, 3.63) is 12.7 Å². The largest absolute Gasteiger partial charge is 0.457 e. The maximum absolute atomic E-state index is 12.6. The Hall–Kier alpha value is -1.20. The van der Waals surface area contributed by atoms with Gasteiger partial charge in [0.2, 0.25) is 0 Å². The lowest BCUT2D eigenvalue weighted by Crippen LogP contribution is -2.45. The van der Waals surface area contributed by atoms with Gasteiger partial charge in [-0.2, -0.15) is 0 Å². The van der Waals surface area contributed by atoms with E-state index in [4.69, 9.17) is 15.2 Å². The van der Waals surface area contributed by atoms with E-state index in [0.717, 1.165) is 0 Å². The van der Waals surface area contributed by atoms with Crippen molar-refractivity contribution >= 4 is 11.8 Å². The van der Waals surface area contributed by atoms with Crippen LogP contribution in [0.1, 0.15) is 54.9 Å². The van der Waals surface area contributed by atoms with Gasteiger partial charge in [0, 0.05) is 6.54 Å². The Bertz CT molecular complexity index is 437. The highest BCUT2D eigenvalue weighted by molar-refractivity contribution is 5.92. The number of carbonyl (C=O) groups is 2. The van der Waals surface area contributed by atoms with Crippen LogP contribution in [0.25, 0.3) is 0 Å². The fraction of sp³-hybridized carbons (Fsp3) is 0.778. The number of carbonyl (C=O) groups excluding carboxylic acids is 2. The van der Waals surface area contributed by atoms with E-state index in [1.165, 1.54) is 6.08 Å². The topological polar surface area (TPSA) is 78.6 Å². The molecule has 23 heavy (non-hydrogen) atoms. The van der Waals surface area contributed by atoms with Gasteiger partial charge in [-0.1, -0.05) is 27.4 Å². The quantitative estimate of drug-likeness (QED) is 0.520. The molecule has 134 valence electrons. The zero-order valence-electron chi connectivity index (χ0n) is 15.7. The van der Waals surface area contributed by atoms with Crippen molar-refractivity contribution in [2.24, 2.45) is 16.6 Å². The van der Waals surface area contributed by atoms with Gasteiger partial charge in [-0.3, -0.25) is 9.59 Å². The molecule has 0 spiro atoms. The van der Waals surface area contributed by atoms with Crippen LogP contribution in [-0.4, -0.2) is 36.6 Å². The van der Waals surface area contributed by atoms with Crippen LogP contribution in [0.4, 0.5) is 0 Å². The highest BCUT2D eigenvalue weighted by Crippen LogP contribution is 2.35. The highest BCUT2D eigenvalue weighted by atomic mass is 16.6. The Morgan fingerprint density at radius 3 is 2.09 bits per heavy atom. The second-order valence-corrected chi connectivity index (χ2v) is 8.21. The molecule has 0 aliphatic rings. The van der Waals surface area contributed by atoms with Gasteiger partial charge >= 0.3 is 5.97 Å². The minimum absolute atomic E-state index is 0.0430. The van der Waals surface area contributed by atoms with Crippen molar-refractivity contribution in [2.45, 2.75) is 66.6 Å². The van der Waals surface area contributed by atoms with Gasteiger partial charge in [0.1, 0.15) is 11.7 Å². The molecule has 0 saturated carbocycles. The van der Waals surface area contributed by atoms with Crippen LogP contribution in [0.3, 0.4) is 0 Å². The van der Waals surface area contributed by atoms with E-state index >= 15 is 0 Å². The molecule has 0 heterocycles. The van der Waals surface area contributed by atoms with E-state index in [1.54, 1.807) is 20.8 Å². The maximum Gasteiger partial charge on any atom is 0.313 e. The summed E-state index contributed by atoms with van der Waals surface area (Å²) in [6.45, 7) is 16.9. The molecule has 0 aromatic heterocycles. The van der Waals surface area contributed by atoms with Crippen LogP contribution < -0.4 is 5.73 Å². The lowest BCUT2D eigenvalue weighted by molar-refractivity contribution is -0.176. The van der Waals surface area contributed by atoms with Gasteiger partial charge in [0.15, 0.2) is 5.78 Å². The third kappa shape index (κ3) is 7.75. The number of rotatable bonds is 9. The molecule has 0 radical (unpaired) electrons. The molecule has 0 aromatic rings. The first-order valence-corrected chi connectivity index (χ1v) is 7.98. The Balaban J connectivity index is 4.83. The summed E-state index contributed by atoms with van der Waals surface area (Å²) in [4.78, 5) is 24.0. The molecule has 0 saturated heterocycles. The van der Waals surface area contributed by atoms with Crippen molar-refractivity contribution in [3.8, 4) is 0 Å². The average Bonchev–Trinajstić information content (AvgIpc) is 2.41. The summed E-state index contributed by atoms with van der Waals surface area (Å²) in [5, 5.41) is 0. The van der Waals surface area contributed by atoms with E-state index in [2.05, 4.69) is 27.4 Å². The summed E-state index contributed by atoms with van der Waals surface area (Å²) in [5.41, 5.74) is 4.19. The van der Waals surface area contributed by atoms with Crippen LogP contribution >= 0.6 is 0 Å². The van der Waals surface area contributed by atoms with Gasteiger partial charge in [0.25, 0.3) is 0 Å². The van der Waals surface area contributed by atoms with Crippen LogP contribution in [0, 0.1) is 10.8 Å². The van der Waals surface area contributed by atoms with E-state index in [0.29, 0.717) is 6.42 Å². The summed E-state index contributed by atoms with van der Waals surface area (Å²) < 4.78 is 11.1. The van der Waals surface area contributed by atoms with Gasteiger partial charge in [0.05, 0.1) is 12.0 Å². The third-order valence-electron chi connectivity index (χ3n) is 3.52. The van der Waals surface area contributed by atoms with E-state index < -0.39 is 17.1 Å². The molecule has 0 aromatic carbocycles. The molecular weight excluding hydrogens is 294 g/mol. The normalized spacial score (nSPS) is 16.3. The van der Waals surface area contributed by atoms with Crippen LogP contribution in [0.5, 0.6) is 0 Å². The van der Waals surface area contributed by atoms with Gasteiger partial charge in [-0.15, -0.1) is 0 Å². The second kappa shape index (κ2) is 8.06. The smallest absolute Gasteiger partial charge is 0.313 e. The first kappa shape index (κ1) is 21.8. The van der Waals surface area contributed by atoms with Crippen molar-refractivity contribution < 1.29 is 19.1 Å². The molecule has 2 N–H and O–H groups in total. The standard InChI is InChI=1S/C18H33NO4/c1-9-14(20)13(2)22-12-17(6,7)23-15(21)18(8,11-19)10-16(3,4)5/h9,13H,1,10-12,19H2,2-8H3. The molecule has 5 nitrogen and oxygen atoms in total. The lowest BCUT2D eigenvalue weighted by Gasteiger charge is -2.36. The fourth-order valence-corrected chi connectivity index (χ4v) is 2.38. The van der Waals surface area contributed by atoms with Crippen LogP contribution in [0.2, 0.25) is 0 Å². The summed E-state index contributed by atoms with van der Waals surface area (Å²) in [6.07, 6.45) is 1.23. The predicted octanol–water partition coefficient (Wildman–Crippen LogP) is 2.87. The van der Waals surface area contributed by atoms with Gasteiger partial charge in [-0.05, 0) is 45.6 Å². The Labute approximate surface area is 140 Å². The maximum atomic E-state index is 12.6. The first-order chi connectivity index (χ1) is 10.3. The average molecular weight is 327 g/mol. The molecule has 0 fully saturated rings. The molecular formula is C18H33NO4. The van der Waals surface area contributed by atoms with Crippen molar-refractivity contribution in [1.29, 1.82) is 0 Å². The van der Waals surface area contributed by atoms with Gasteiger partial charge in [-0.25, -0.2) is 0 Å². The summed E-state index contributed by atoms with van der Waals surface area (Å²) in [7, 11) is 0. The Morgan fingerprint density at radius 1 is 1.17 bits per heavy atom. The molecule has 2 atom stereocenters. The number of ketones is 1. The van der Waals surface area contributed by atoms with Crippen molar-refractivity contribution in [3.63, 3.8) is 0 Å². The number of nitrogens with two attached hydrogens (primary N) is 1. The zero-order valence-corrected chi connectivity index (χ0v) is 15.7. The second-order valence-electron chi connectivity index (χ2n) is 8.21. The number of ether oxygens (including phenoxy) is 2. The van der Waals surface area contributed by atoms with Gasteiger partial charge < -0.3 is 15.2 Å². The number of esters is 1. The molecule has 2 unspecified atom stereocenters. The first-order valence-electron chi connectivity index (χ1n) is 7.98. The summed E-state index contributed by atoms with van der Waals surface area (Å²) >= 11 is 0.